The Morgan fingerprint density at radius 1 is 1.44 bits per heavy atom. The van der Waals surface area contributed by atoms with E-state index in [0.29, 0.717) is 0 Å². The lowest BCUT2D eigenvalue weighted by Gasteiger charge is -2.17. The lowest BCUT2D eigenvalue weighted by atomic mass is 9.95. The fourth-order valence-corrected chi connectivity index (χ4v) is 2.20. The zero-order valence-electron chi connectivity index (χ0n) is 11.2. The van der Waals surface area contributed by atoms with Gasteiger partial charge in [-0.15, -0.1) is 0 Å². The van der Waals surface area contributed by atoms with Gasteiger partial charge in [0.2, 0.25) is 0 Å². The Hall–Kier alpha value is -1.83. The van der Waals surface area contributed by atoms with Crippen LogP contribution in [-0.4, -0.2) is 11.7 Å². The van der Waals surface area contributed by atoms with Crippen molar-refractivity contribution in [2.75, 3.05) is 0 Å². The van der Waals surface area contributed by atoms with Crippen LogP contribution in [-0.2, 0) is 13.0 Å². The number of benzene rings is 1. The van der Waals surface area contributed by atoms with Crippen LogP contribution >= 0.6 is 0 Å². The lowest BCUT2D eigenvalue weighted by molar-refractivity contribution is 0.392. The highest BCUT2D eigenvalue weighted by atomic mass is 15.4. The average molecular weight is 240 g/mol. The maximum atomic E-state index is 4.02. The van der Waals surface area contributed by atoms with E-state index in [9.17, 15) is 0 Å². The Bertz CT molecular complexity index is 494. The molecule has 0 saturated heterocycles. The summed E-state index contributed by atoms with van der Waals surface area (Å²) in [6.45, 7) is 8.52. The molecule has 2 rings (SSSR count). The summed E-state index contributed by atoms with van der Waals surface area (Å²) in [6.07, 6.45) is 8.79. The molecule has 0 aromatic heterocycles. The van der Waals surface area contributed by atoms with E-state index < -0.39 is 0 Å². The van der Waals surface area contributed by atoms with Crippen molar-refractivity contribution in [3.63, 3.8) is 0 Å². The molecule has 18 heavy (non-hydrogen) atoms. The molecule has 0 radical (unpaired) electrons. The van der Waals surface area contributed by atoms with Crippen LogP contribution in [0.4, 0.5) is 0 Å². The summed E-state index contributed by atoms with van der Waals surface area (Å²) in [5.74, 6) is 0. The molecular weight excluding hydrogens is 220 g/mol. The van der Waals surface area contributed by atoms with Crippen LogP contribution in [0.25, 0.3) is 6.08 Å². The molecule has 2 heteroatoms. The molecule has 94 valence electrons. The summed E-state index contributed by atoms with van der Waals surface area (Å²) in [5, 5.41) is 5.90. The van der Waals surface area contributed by atoms with E-state index in [1.165, 1.54) is 22.3 Å². The van der Waals surface area contributed by atoms with Gasteiger partial charge in [0.05, 0.1) is 6.54 Å². The molecule has 0 saturated carbocycles. The van der Waals surface area contributed by atoms with Crippen LogP contribution in [0.3, 0.4) is 0 Å². The molecule has 1 aliphatic carbocycles. The molecule has 0 fully saturated rings. The van der Waals surface area contributed by atoms with Crippen LogP contribution in [0.5, 0.6) is 0 Å². The van der Waals surface area contributed by atoms with Gasteiger partial charge in [-0.2, -0.15) is 5.10 Å². The Balaban J connectivity index is 2.17. The molecule has 1 aliphatic rings. The van der Waals surface area contributed by atoms with E-state index in [1.54, 1.807) is 0 Å². The number of hydrazone groups is 1. The van der Waals surface area contributed by atoms with Gasteiger partial charge in [0.25, 0.3) is 0 Å². The van der Waals surface area contributed by atoms with E-state index >= 15 is 0 Å². The van der Waals surface area contributed by atoms with Crippen molar-refractivity contribution in [1.82, 2.24) is 5.01 Å². The van der Waals surface area contributed by atoms with E-state index in [1.807, 2.05) is 11.2 Å². The van der Waals surface area contributed by atoms with Crippen molar-refractivity contribution < 1.29 is 0 Å². The predicted molar refractivity (Wildman–Crippen MR) is 78.3 cm³/mol. The van der Waals surface area contributed by atoms with Crippen LogP contribution < -0.4 is 0 Å². The molecule has 1 aromatic carbocycles. The first-order valence-corrected chi connectivity index (χ1v) is 6.35. The van der Waals surface area contributed by atoms with Gasteiger partial charge in [-0.1, -0.05) is 29.9 Å². The summed E-state index contributed by atoms with van der Waals surface area (Å²) in [5.41, 5.74) is 5.28. The Morgan fingerprint density at radius 2 is 2.28 bits per heavy atom. The number of nitrogens with zero attached hydrogens (tertiary/aromatic N) is 2. The number of fused-ring (bicyclic) bond motifs is 1. The molecule has 0 bridgehead atoms. The average Bonchev–Trinajstić information content (AvgIpc) is 2.37. The summed E-state index contributed by atoms with van der Waals surface area (Å²) in [4.78, 5) is 0. The van der Waals surface area contributed by atoms with E-state index in [4.69, 9.17) is 0 Å². The fourth-order valence-electron chi connectivity index (χ4n) is 2.20. The molecular formula is C16H20N2. The number of allylic oxidation sites excluding steroid dienone is 2. The van der Waals surface area contributed by atoms with E-state index in [-0.39, 0.29) is 0 Å². The lowest BCUT2D eigenvalue weighted by Crippen LogP contribution is -2.10. The third-order valence-electron chi connectivity index (χ3n) is 3.02. The normalized spacial score (nSPS) is 12.8. The van der Waals surface area contributed by atoms with Crippen molar-refractivity contribution in [1.29, 1.82) is 0 Å². The van der Waals surface area contributed by atoms with Gasteiger partial charge in [0.1, 0.15) is 0 Å². The summed E-state index contributed by atoms with van der Waals surface area (Å²) >= 11 is 0. The summed E-state index contributed by atoms with van der Waals surface area (Å²) in [6, 6.07) is 6.68. The largest absolute Gasteiger partial charge is 0.269 e. The minimum Gasteiger partial charge on any atom is -0.269 e. The maximum absolute atomic E-state index is 4.02. The molecule has 2 nitrogen and oxygen atoms in total. The minimum absolute atomic E-state index is 0.774. The van der Waals surface area contributed by atoms with Crippen molar-refractivity contribution in [2.24, 2.45) is 5.10 Å². The summed E-state index contributed by atoms with van der Waals surface area (Å²) < 4.78 is 0. The molecule has 0 atom stereocenters. The highest BCUT2D eigenvalue weighted by Gasteiger charge is 2.06. The number of hydrogen-bond donors (Lipinski definition) is 0. The van der Waals surface area contributed by atoms with Gasteiger partial charge in [-0.3, -0.25) is 5.01 Å². The van der Waals surface area contributed by atoms with Gasteiger partial charge in [0.15, 0.2) is 0 Å². The highest BCUT2D eigenvalue weighted by Crippen LogP contribution is 2.21. The first-order valence-electron chi connectivity index (χ1n) is 6.35. The third kappa shape index (κ3) is 3.10. The second kappa shape index (κ2) is 5.67. The topological polar surface area (TPSA) is 15.6 Å². The number of hydrogen-bond acceptors (Lipinski definition) is 2. The Kier molecular flexibility index (Phi) is 3.98. The fraction of sp³-hybridized carbons (Fsp3) is 0.312. The van der Waals surface area contributed by atoms with Gasteiger partial charge in [-0.05, 0) is 49.4 Å². The Morgan fingerprint density at radius 3 is 3.00 bits per heavy atom. The first kappa shape index (κ1) is 12.6. The molecule has 1 aromatic rings. The quantitative estimate of drug-likeness (QED) is 0.574. The van der Waals surface area contributed by atoms with Crippen molar-refractivity contribution in [3.8, 4) is 0 Å². The SMILES string of the molecule is C=NN(C=C(C)C)Cc1ccc2c(c1)C=CCC2. The molecule has 0 N–H and O–H groups in total. The van der Waals surface area contributed by atoms with Gasteiger partial charge in [0, 0.05) is 12.9 Å². The van der Waals surface area contributed by atoms with Gasteiger partial charge < -0.3 is 0 Å². The van der Waals surface area contributed by atoms with E-state index in [2.05, 4.69) is 56.0 Å². The van der Waals surface area contributed by atoms with Gasteiger partial charge in [-0.25, -0.2) is 0 Å². The molecule has 0 aliphatic heterocycles. The number of aryl methyl sites for hydroxylation is 1. The number of rotatable bonds is 4. The Labute approximate surface area is 109 Å². The maximum Gasteiger partial charge on any atom is 0.0659 e. The molecule has 0 spiro atoms. The van der Waals surface area contributed by atoms with Gasteiger partial charge >= 0.3 is 0 Å². The molecule has 0 amide bonds. The van der Waals surface area contributed by atoms with Crippen molar-refractivity contribution in [2.45, 2.75) is 33.2 Å². The van der Waals surface area contributed by atoms with Crippen LogP contribution in [0.15, 0.2) is 41.1 Å². The first-order chi connectivity index (χ1) is 8.69. The van der Waals surface area contributed by atoms with Crippen molar-refractivity contribution in [3.05, 3.63) is 52.7 Å². The smallest absolute Gasteiger partial charge is 0.0659 e. The predicted octanol–water partition coefficient (Wildman–Crippen LogP) is 3.99. The third-order valence-corrected chi connectivity index (χ3v) is 3.02. The van der Waals surface area contributed by atoms with E-state index in [0.717, 1.165) is 19.4 Å². The zero-order valence-corrected chi connectivity index (χ0v) is 11.2. The second-order valence-electron chi connectivity index (χ2n) is 4.92. The monoisotopic (exact) mass is 240 g/mol. The summed E-state index contributed by atoms with van der Waals surface area (Å²) in [7, 11) is 0. The highest BCUT2D eigenvalue weighted by molar-refractivity contribution is 5.57. The molecule has 0 heterocycles. The second-order valence-corrected chi connectivity index (χ2v) is 4.92. The van der Waals surface area contributed by atoms with Crippen LogP contribution in [0, 0.1) is 0 Å². The van der Waals surface area contributed by atoms with Crippen molar-refractivity contribution >= 4 is 12.8 Å². The van der Waals surface area contributed by atoms with Crippen LogP contribution in [0.2, 0.25) is 0 Å². The molecule has 0 unspecified atom stereocenters. The van der Waals surface area contributed by atoms with Crippen LogP contribution in [0.1, 0.15) is 37.0 Å². The standard InChI is InChI=1S/C16H20N2/c1-13(2)11-18(17-3)12-14-8-9-15-6-4-5-7-16(15)10-14/h5,7-11H,3-4,6,12H2,1-2H3. The minimum atomic E-state index is 0.774. The zero-order chi connectivity index (χ0) is 13.0.